The molecule has 4 rings (SSSR count). The Morgan fingerprint density at radius 3 is 2.63 bits per heavy atom. The molecular formula is C22H24N2O6. The van der Waals surface area contributed by atoms with Gasteiger partial charge in [-0.15, -0.1) is 0 Å². The van der Waals surface area contributed by atoms with E-state index < -0.39 is 11.4 Å². The van der Waals surface area contributed by atoms with Crippen molar-refractivity contribution in [3.63, 3.8) is 0 Å². The quantitative estimate of drug-likeness (QED) is 0.700. The smallest absolute Gasteiger partial charge is 0.343 e. The van der Waals surface area contributed by atoms with E-state index in [4.69, 9.17) is 14.2 Å². The molecule has 8 heteroatoms. The van der Waals surface area contributed by atoms with Crippen molar-refractivity contribution in [2.45, 2.75) is 39.1 Å². The maximum atomic E-state index is 13.4. The molecule has 1 amide bonds. The number of methoxy groups -OCH3 is 1. The topological polar surface area (TPSA) is 87.1 Å². The van der Waals surface area contributed by atoms with E-state index in [0.29, 0.717) is 18.8 Å². The summed E-state index contributed by atoms with van der Waals surface area (Å²) in [5.41, 5.74) is 0.589. The van der Waals surface area contributed by atoms with Gasteiger partial charge in [0.05, 0.1) is 32.1 Å². The maximum absolute atomic E-state index is 13.4. The van der Waals surface area contributed by atoms with Crippen LogP contribution < -0.4 is 10.2 Å². The van der Waals surface area contributed by atoms with Gasteiger partial charge in [0, 0.05) is 12.6 Å². The van der Waals surface area contributed by atoms with Gasteiger partial charge in [0.1, 0.15) is 12.2 Å². The molecule has 2 aliphatic rings. The van der Waals surface area contributed by atoms with Crippen LogP contribution in [-0.4, -0.2) is 47.6 Å². The second kappa shape index (κ2) is 7.95. The van der Waals surface area contributed by atoms with Crippen LogP contribution in [0.5, 0.6) is 5.75 Å². The molecule has 1 unspecified atom stereocenters. The summed E-state index contributed by atoms with van der Waals surface area (Å²) in [6.07, 6.45) is 0. The zero-order valence-corrected chi connectivity index (χ0v) is 17.2. The summed E-state index contributed by atoms with van der Waals surface area (Å²) in [4.78, 5) is 40.9. The minimum Gasteiger partial charge on any atom is -0.483 e. The Morgan fingerprint density at radius 2 is 1.97 bits per heavy atom. The highest BCUT2D eigenvalue weighted by atomic mass is 16.5. The average Bonchev–Trinajstić information content (AvgIpc) is 2.75. The molecule has 8 nitrogen and oxygen atoms in total. The number of benzene rings is 1. The Morgan fingerprint density at radius 1 is 1.23 bits per heavy atom. The highest BCUT2D eigenvalue weighted by Gasteiger charge is 2.41. The van der Waals surface area contributed by atoms with Crippen molar-refractivity contribution in [3.8, 4) is 5.75 Å². The summed E-state index contributed by atoms with van der Waals surface area (Å²) in [5.74, 6) is -1.18. The van der Waals surface area contributed by atoms with Gasteiger partial charge in [-0.2, -0.15) is 0 Å². The van der Waals surface area contributed by atoms with E-state index in [9.17, 15) is 14.4 Å². The second-order valence-electron chi connectivity index (χ2n) is 7.68. The highest BCUT2D eigenvalue weighted by Crippen LogP contribution is 2.34. The molecule has 158 valence electrons. The van der Waals surface area contributed by atoms with Crippen molar-refractivity contribution in [2.24, 2.45) is 0 Å². The van der Waals surface area contributed by atoms with Crippen molar-refractivity contribution in [2.75, 3.05) is 20.3 Å². The summed E-state index contributed by atoms with van der Waals surface area (Å²) in [6, 6.07) is 9.05. The summed E-state index contributed by atoms with van der Waals surface area (Å²) >= 11 is 0. The molecule has 0 N–H and O–H groups in total. The number of hydrogen-bond acceptors (Lipinski definition) is 6. The predicted molar refractivity (Wildman–Crippen MR) is 108 cm³/mol. The molecule has 0 spiro atoms. The third-order valence-corrected chi connectivity index (χ3v) is 5.49. The third kappa shape index (κ3) is 3.27. The SMILES string of the molecule is COC(=O)c1c2n3c(c(OCc4ccccc4)c1=O)C(=O)N(C(C)C)CC3COC2. The molecule has 0 radical (unpaired) electrons. The Hall–Kier alpha value is -3.13. The number of ether oxygens (including phenoxy) is 3. The van der Waals surface area contributed by atoms with Crippen LogP contribution in [-0.2, 0) is 22.7 Å². The van der Waals surface area contributed by atoms with Crippen molar-refractivity contribution in [3.05, 3.63) is 63.1 Å². The van der Waals surface area contributed by atoms with Crippen LogP contribution >= 0.6 is 0 Å². The van der Waals surface area contributed by atoms with Crippen molar-refractivity contribution in [1.82, 2.24) is 9.47 Å². The standard InChI is InChI=1S/C22H24N2O6/c1-13(2)23-9-15-11-29-12-16-17(22(27)28-3)19(25)20(18(21(23)26)24(15)16)30-10-14-7-5-4-6-8-14/h4-8,13,15H,9-12H2,1-3H3. The monoisotopic (exact) mass is 412 g/mol. The molecule has 1 atom stereocenters. The van der Waals surface area contributed by atoms with E-state index in [2.05, 4.69) is 0 Å². The molecule has 0 saturated carbocycles. The molecule has 3 heterocycles. The lowest BCUT2D eigenvalue weighted by atomic mass is 10.0. The fourth-order valence-corrected chi connectivity index (χ4v) is 4.03. The van der Waals surface area contributed by atoms with Crippen LogP contribution in [0.15, 0.2) is 35.1 Å². The Balaban J connectivity index is 1.92. The number of amides is 1. The Kier molecular flexibility index (Phi) is 5.34. The van der Waals surface area contributed by atoms with E-state index in [1.807, 2.05) is 44.2 Å². The minimum absolute atomic E-state index is 0.0527. The summed E-state index contributed by atoms with van der Waals surface area (Å²) < 4.78 is 18.2. The van der Waals surface area contributed by atoms with Crippen LogP contribution in [0.3, 0.4) is 0 Å². The lowest BCUT2D eigenvalue weighted by Crippen LogP contribution is -2.51. The molecule has 0 bridgehead atoms. The third-order valence-electron chi connectivity index (χ3n) is 5.49. The van der Waals surface area contributed by atoms with Gasteiger partial charge in [-0.05, 0) is 19.4 Å². The number of nitrogens with zero attached hydrogens (tertiary/aromatic N) is 2. The summed E-state index contributed by atoms with van der Waals surface area (Å²) in [6.45, 7) is 4.79. The zero-order chi connectivity index (χ0) is 21.4. The number of rotatable bonds is 5. The van der Waals surface area contributed by atoms with Crippen LogP contribution in [0, 0.1) is 0 Å². The molecule has 1 aromatic carbocycles. The fourth-order valence-electron chi connectivity index (χ4n) is 4.03. The van der Waals surface area contributed by atoms with Crippen molar-refractivity contribution < 1.29 is 23.8 Å². The minimum atomic E-state index is -0.766. The normalized spacial score (nSPS) is 17.7. The molecule has 30 heavy (non-hydrogen) atoms. The van der Waals surface area contributed by atoms with Crippen molar-refractivity contribution >= 4 is 11.9 Å². The highest BCUT2D eigenvalue weighted by molar-refractivity contribution is 5.99. The van der Waals surface area contributed by atoms with Crippen LogP contribution in [0.1, 0.15) is 52.0 Å². The number of carbonyl (C=O) groups is 2. The van der Waals surface area contributed by atoms with Crippen molar-refractivity contribution in [1.29, 1.82) is 0 Å². The first-order valence-electron chi connectivity index (χ1n) is 9.89. The molecular weight excluding hydrogens is 388 g/mol. The van der Waals surface area contributed by atoms with E-state index in [0.717, 1.165) is 5.56 Å². The number of hydrogen-bond donors (Lipinski definition) is 0. The van der Waals surface area contributed by atoms with Gasteiger partial charge in [-0.3, -0.25) is 9.59 Å². The van der Waals surface area contributed by atoms with Gasteiger partial charge in [-0.25, -0.2) is 4.79 Å². The molecule has 2 aromatic rings. The number of pyridine rings is 1. The molecule has 2 aliphatic heterocycles. The van der Waals surface area contributed by atoms with Crippen LogP contribution in [0.2, 0.25) is 0 Å². The fraction of sp³-hybridized carbons (Fsp3) is 0.409. The van der Waals surface area contributed by atoms with Gasteiger partial charge >= 0.3 is 5.97 Å². The van der Waals surface area contributed by atoms with Gasteiger partial charge in [-0.1, -0.05) is 30.3 Å². The lowest BCUT2D eigenvalue weighted by molar-refractivity contribution is 0.0179. The molecule has 0 aliphatic carbocycles. The second-order valence-corrected chi connectivity index (χ2v) is 7.68. The van der Waals surface area contributed by atoms with E-state index in [1.165, 1.54) is 7.11 Å². The Labute approximate surface area is 174 Å². The number of esters is 1. The summed E-state index contributed by atoms with van der Waals surface area (Å²) in [7, 11) is 1.22. The first kappa shape index (κ1) is 20.2. The first-order valence-corrected chi connectivity index (χ1v) is 9.89. The predicted octanol–water partition coefficient (Wildman–Crippen LogP) is 2.15. The number of aromatic nitrogens is 1. The van der Waals surface area contributed by atoms with E-state index in [-0.39, 0.29) is 48.2 Å². The number of carbonyl (C=O) groups excluding carboxylic acids is 2. The van der Waals surface area contributed by atoms with Gasteiger partial charge in [0.2, 0.25) is 5.43 Å². The lowest BCUT2D eigenvalue weighted by Gasteiger charge is -2.42. The van der Waals surface area contributed by atoms with Gasteiger partial charge < -0.3 is 23.7 Å². The molecule has 1 aromatic heterocycles. The Bertz CT molecular complexity index is 1040. The van der Waals surface area contributed by atoms with E-state index >= 15 is 0 Å². The van der Waals surface area contributed by atoms with E-state index in [1.54, 1.807) is 9.47 Å². The largest absolute Gasteiger partial charge is 0.483 e. The van der Waals surface area contributed by atoms with Crippen LogP contribution in [0.4, 0.5) is 0 Å². The van der Waals surface area contributed by atoms with Gasteiger partial charge in [0.15, 0.2) is 11.4 Å². The summed E-state index contributed by atoms with van der Waals surface area (Å²) in [5, 5.41) is 0. The first-order chi connectivity index (χ1) is 14.4. The average molecular weight is 412 g/mol. The van der Waals surface area contributed by atoms with Gasteiger partial charge in [0.25, 0.3) is 5.91 Å². The molecule has 0 saturated heterocycles. The van der Waals surface area contributed by atoms with Crippen LogP contribution in [0.25, 0.3) is 0 Å². The zero-order valence-electron chi connectivity index (χ0n) is 17.2. The molecule has 0 fully saturated rings. The maximum Gasteiger partial charge on any atom is 0.343 e.